The molecule has 5 rings (SSSR count). The number of hydrogen-bond donors (Lipinski definition) is 0. The first-order valence-electron chi connectivity index (χ1n) is 11.3. The highest BCUT2D eigenvalue weighted by atomic mass is 35.5. The number of hydrogen-bond acceptors (Lipinski definition) is 4. The zero-order valence-electron chi connectivity index (χ0n) is 18.2. The van der Waals surface area contributed by atoms with E-state index in [0.29, 0.717) is 0 Å². The number of nitrogens with zero attached hydrogens (tertiary/aromatic N) is 2. The Morgan fingerprint density at radius 1 is 1.00 bits per heavy atom. The monoisotopic (exact) mass is 446 g/mol. The Bertz CT molecular complexity index is 1100. The number of rotatable bonds is 7. The molecule has 0 N–H and O–H groups in total. The lowest BCUT2D eigenvalue weighted by Crippen LogP contribution is -2.33. The lowest BCUT2D eigenvalue weighted by atomic mass is 9.96. The molecule has 2 aliphatic rings. The van der Waals surface area contributed by atoms with Gasteiger partial charge in [-0.15, -0.1) is 0 Å². The van der Waals surface area contributed by atoms with Crippen LogP contribution in [0.5, 0.6) is 11.5 Å². The second-order valence-corrected chi connectivity index (χ2v) is 8.72. The van der Waals surface area contributed by atoms with Gasteiger partial charge in [-0.25, -0.2) is 5.01 Å². The van der Waals surface area contributed by atoms with Crippen molar-refractivity contribution in [3.05, 3.63) is 94.5 Å². The van der Waals surface area contributed by atoms with Gasteiger partial charge in [0, 0.05) is 22.6 Å². The second kappa shape index (κ2) is 9.25. The molecule has 2 atom stereocenters. The summed E-state index contributed by atoms with van der Waals surface area (Å²) in [5, 5.41) is 7.84. The summed E-state index contributed by atoms with van der Waals surface area (Å²) in [6.45, 7) is 2.95. The summed E-state index contributed by atoms with van der Waals surface area (Å²) >= 11 is 6.09. The summed E-state index contributed by atoms with van der Waals surface area (Å²) in [6.07, 6.45) is 4.01. The Balaban J connectivity index is 1.42. The Morgan fingerprint density at radius 3 is 2.56 bits per heavy atom. The van der Waals surface area contributed by atoms with E-state index in [9.17, 15) is 0 Å². The fourth-order valence-corrected chi connectivity index (χ4v) is 4.47. The van der Waals surface area contributed by atoms with Gasteiger partial charge in [-0.3, -0.25) is 0 Å². The van der Waals surface area contributed by atoms with Gasteiger partial charge < -0.3 is 9.47 Å². The van der Waals surface area contributed by atoms with Gasteiger partial charge in [0.2, 0.25) is 6.23 Å². The predicted molar refractivity (Wildman–Crippen MR) is 128 cm³/mol. The van der Waals surface area contributed by atoms with Gasteiger partial charge in [-0.2, -0.15) is 5.10 Å². The van der Waals surface area contributed by atoms with Gasteiger partial charge in [0.15, 0.2) is 0 Å². The quantitative estimate of drug-likeness (QED) is 0.361. The first-order valence-corrected chi connectivity index (χ1v) is 11.7. The highest BCUT2D eigenvalue weighted by molar-refractivity contribution is 6.30. The van der Waals surface area contributed by atoms with E-state index in [1.807, 2.05) is 48.5 Å². The number of fused-ring (bicyclic) bond motifs is 3. The zero-order chi connectivity index (χ0) is 21.9. The molecule has 0 bridgehead atoms. The highest BCUT2D eigenvalue weighted by Crippen LogP contribution is 2.47. The normalized spacial score (nSPS) is 19.1. The number of para-hydroxylation sites is 1. The molecule has 0 unspecified atom stereocenters. The van der Waals surface area contributed by atoms with Crippen molar-refractivity contribution >= 4 is 17.3 Å². The fraction of sp³-hybridized carbons (Fsp3) is 0.296. The molecule has 0 amide bonds. The maximum atomic E-state index is 6.45. The lowest BCUT2D eigenvalue weighted by Gasteiger charge is -2.38. The van der Waals surface area contributed by atoms with Crippen LogP contribution in [-0.4, -0.2) is 17.3 Å². The summed E-state index contributed by atoms with van der Waals surface area (Å²) in [5.41, 5.74) is 4.38. The maximum Gasteiger partial charge on any atom is 0.213 e. The third-order valence-corrected chi connectivity index (χ3v) is 6.31. The molecule has 164 valence electrons. The van der Waals surface area contributed by atoms with Crippen LogP contribution in [0.2, 0.25) is 5.02 Å². The van der Waals surface area contributed by atoms with E-state index in [0.717, 1.165) is 52.8 Å². The van der Waals surface area contributed by atoms with Crippen LogP contribution >= 0.6 is 11.6 Å². The van der Waals surface area contributed by atoms with Gasteiger partial charge in [0.25, 0.3) is 0 Å². The topological polar surface area (TPSA) is 34.1 Å². The van der Waals surface area contributed by atoms with E-state index in [-0.39, 0.29) is 12.3 Å². The van der Waals surface area contributed by atoms with E-state index in [1.54, 1.807) is 0 Å². The maximum absolute atomic E-state index is 6.45. The minimum Gasteiger partial charge on any atom is -0.494 e. The summed E-state index contributed by atoms with van der Waals surface area (Å²) in [7, 11) is 0. The second-order valence-electron chi connectivity index (χ2n) is 8.29. The molecule has 5 heteroatoms. The molecule has 0 saturated carbocycles. The zero-order valence-corrected chi connectivity index (χ0v) is 19.0. The Morgan fingerprint density at radius 2 is 1.78 bits per heavy atom. The molecule has 0 aliphatic carbocycles. The molecule has 0 fully saturated rings. The predicted octanol–water partition coefficient (Wildman–Crippen LogP) is 7.15. The minimum absolute atomic E-state index is 0.139. The number of unbranched alkanes of at least 4 members (excludes halogenated alkanes) is 2. The average Bonchev–Trinajstić information content (AvgIpc) is 3.28. The van der Waals surface area contributed by atoms with Crippen molar-refractivity contribution in [2.24, 2.45) is 5.10 Å². The standard InChI is InChI=1S/C27H27ClN2O2/c1-2-3-6-17-31-22-15-11-20(12-16-22)27-30-25(23-7-4-5-8-26(23)32-27)18-24(29-30)19-9-13-21(28)14-10-19/h4-5,7-16,25,27H,2-3,6,17-18H2,1H3/t25-,27-/m1/s1. The van der Waals surface area contributed by atoms with Gasteiger partial charge >= 0.3 is 0 Å². The Kier molecular flexibility index (Phi) is 6.04. The van der Waals surface area contributed by atoms with Gasteiger partial charge in [0.1, 0.15) is 11.5 Å². The largest absolute Gasteiger partial charge is 0.494 e. The molecule has 0 radical (unpaired) electrons. The third-order valence-electron chi connectivity index (χ3n) is 6.06. The molecular formula is C27H27ClN2O2. The van der Waals surface area contributed by atoms with Crippen molar-refractivity contribution in [1.82, 2.24) is 5.01 Å². The van der Waals surface area contributed by atoms with Crippen LogP contribution in [0, 0.1) is 0 Å². The molecular weight excluding hydrogens is 420 g/mol. The van der Waals surface area contributed by atoms with Crippen molar-refractivity contribution in [3.63, 3.8) is 0 Å². The summed E-state index contributed by atoms with van der Waals surface area (Å²) in [4.78, 5) is 0. The fourth-order valence-electron chi connectivity index (χ4n) is 4.34. The Labute approximate surface area is 194 Å². The number of ether oxygens (including phenoxy) is 2. The first kappa shape index (κ1) is 20.9. The van der Waals surface area contributed by atoms with E-state index in [4.69, 9.17) is 26.2 Å². The van der Waals surface area contributed by atoms with E-state index < -0.39 is 0 Å². The van der Waals surface area contributed by atoms with Crippen LogP contribution in [0.15, 0.2) is 77.9 Å². The Hall–Kier alpha value is -2.98. The van der Waals surface area contributed by atoms with E-state index >= 15 is 0 Å². The number of benzene rings is 3. The summed E-state index contributed by atoms with van der Waals surface area (Å²) < 4.78 is 12.3. The number of hydrazone groups is 1. The molecule has 4 nitrogen and oxygen atoms in total. The SMILES string of the molecule is CCCCCOc1ccc([C@H]2Oc3ccccc3[C@H]3CC(c4ccc(Cl)cc4)=NN32)cc1. The van der Waals surface area contributed by atoms with Crippen LogP contribution in [0.1, 0.15) is 61.6 Å². The van der Waals surface area contributed by atoms with E-state index in [2.05, 4.69) is 36.2 Å². The van der Waals surface area contributed by atoms with Crippen LogP contribution in [0.25, 0.3) is 0 Å². The number of halogens is 1. The molecule has 0 saturated heterocycles. The van der Waals surface area contributed by atoms with Crippen molar-refractivity contribution in [1.29, 1.82) is 0 Å². The molecule has 3 aromatic carbocycles. The average molecular weight is 447 g/mol. The van der Waals surface area contributed by atoms with Gasteiger partial charge in [-0.1, -0.05) is 61.7 Å². The highest BCUT2D eigenvalue weighted by Gasteiger charge is 2.40. The summed E-state index contributed by atoms with van der Waals surface area (Å²) in [5.74, 6) is 1.82. The minimum atomic E-state index is -0.283. The molecule has 3 aromatic rings. The van der Waals surface area contributed by atoms with Crippen LogP contribution < -0.4 is 9.47 Å². The van der Waals surface area contributed by atoms with Crippen LogP contribution in [-0.2, 0) is 0 Å². The molecule has 0 spiro atoms. The lowest BCUT2D eigenvalue weighted by molar-refractivity contribution is -0.0190. The van der Waals surface area contributed by atoms with Crippen molar-refractivity contribution in [3.8, 4) is 11.5 Å². The van der Waals surface area contributed by atoms with Gasteiger partial charge in [0.05, 0.1) is 18.4 Å². The first-order chi connectivity index (χ1) is 15.7. The van der Waals surface area contributed by atoms with Crippen molar-refractivity contribution < 1.29 is 9.47 Å². The molecule has 2 aliphatic heterocycles. The summed E-state index contributed by atoms with van der Waals surface area (Å²) in [6, 6.07) is 24.5. The molecule has 0 aromatic heterocycles. The van der Waals surface area contributed by atoms with E-state index in [1.165, 1.54) is 18.4 Å². The third kappa shape index (κ3) is 4.20. The molecule has 32 heavy (non-hydrogen) atoms. The van der Waals surface area contributed by atoms with Crippen LogP contribution in [0.4, 0.5) is 0 Å². The van der Waals surface area contributed by atoms with Crippen LogP contribution in [0.3, 0.4) is 0 Å². The van der Waals surface area contributed by atoms with Crippen molar-refractivity contribution in [2.45, 2.75) is 44.9 Å². The van der Waals surface area contributed by atoms with Gasteiger partial charge in [-0.05, 0) is 54.4 Å². The smallest absolute Gasteiger partial charge is 0.213 e. The van der Waals surface area contributed by atoms with Crippen molar-refractivity contribution in [2.75, 3.05) is 6.61 Å². The molecule has 2 heterocycles.